The average Bonchev–Trinajstić information content (AvgIpc) is 2.77. The first-order chi connectivity index (χ1) is 9.61. The van der Waals surface area contributed by atoms with Gasteiger partial charge in [0.2, 0.25) is 10.0 Å². The maximum atomic E-state index is 12.2. The lowest BCUT2D eigenvalue weighted by atomic mass is 10.3. The van der Waals surface area contributed by atoms with Gasteiger partial charge in [-0.2, -0.15) is 5.10 Å². The van der Waals surface area contributed by atoms with Crippen LogP contribution < -0.4 is 9.86 Å². The molecule has 1 heterocycles. The van der Waals surface area contributed by atoms with Crippen molar-refractivity contribution in [2.24, 2.45) is 5.14 Å². The molecule has 114 valence electrons. The molecule has 8 nitrogen and oxygen atoms in total. The highest BCUT2D eigenvalue weighted by molar-refractivity contribution is 7.92. The maximum Gasteiger partial charge on any atom is 0.265 e. The number of rotatable bonds is 4. The number of nitrogens with one attached hydrogen (secondary N) is 2. The number of aromatic amines is 1. The summed E-state index contributed by atoms with van der Waals surface area (Å²) in [5.41, 5.74) is 0.241. The number of hydrogen-bond donors (Lipinski definition) is 3. The smallest absolute Gasteiger partial charge is 0.265 e. The van der Waals surface area contributed by atoms with Crippen LogP contribution in [0, 0.1) is 6.92 Å². The Morgan fingerprint density at radius 1 is 1.29 bits per heavy atom. The Kier molecular flexibility index (Phi) is 3.97. The van der Waals surface area contributed by atoms with Gasteiger partial charge in [0.25, 0.3) is 10.0 Å². The number of nitrogens with zero attached hydrogens (tertiary/aromatic N) is 1. The van der Waals surface area contributed by atoms with Crippen LogP contribution in [0.5, 0.6) is 0 Å². The fraction of sp³-hybridized carbons (Fsp3) is 0.100. The van der Waals surface area contributed by atoms with Crippen molar-refractivity contribution in [2.75, 3.05) is 4.72 Å². The molecule has 21 heavy (non-hydrogen) atoms. The number of sulfonamides is 2. The van der Waals surface area contributed by atoms with Gasteiger partial charge < -0.3 is 0 Å². The maximum absolute atomic E-state index is 12.2. The van der Waals surface area contributed by atoms with Crippen molar-refractivity contribution in [3.63, 3.8) is 0 Å². The number of halogens is 1. The molecule has 0 fully saturated rings. The number of nitrogens with two attached hydrogens (primary N) is 1. The average molecular weight is 351 g/mol. The zero-order chi connectivity index (χ0) is 15.8. The fourth-order valence-electron chi connectivity index (χ4n) is 1.57. The van der Waals surface area contributed by atoms with Gasteiger partial charge >= 0.3 is 0 Å². The number of hydrogen-bond acceptors (Lipinski definition) is 5. The van der Waals surface area contributed by atoms with E-state index in [0.717, 1.165) is 12.3 Å². The van der Waals surface area contributed by atoms with Crippen molar-refractivity contribution in [3.05, 3.63) is 35.1 Å². The van der Waals surface area contributed by atoms with Crippen LogP contribution in [0.2, 0.25) is 5.02 Å². The molecule has 0 saturated carbocycles. The third-order valence-electron chi connectivity index (χ3n) is 2.58. The summed E-state index contributed by atoms with van der Waals surface area (Å²) in [6.45, 7) is 1.53. The Morgan fingerprint density at radius 3 is 2.48 bits per heavy atom. The minimum absolute atomic E-state index is 0.0344. The first-order valence-corrected chi connectivity index (χ1v) is 8.87. The Hall–Kier alpha value is -1.62. The third kappa shape index (κ3) is 3.35. The first-order valence-electron chi connectivity index (χ1n) is 5.46. The molecule has 0 bridgehead atoms. The first kappa shape index (κ1) is 15.8. The molecule has 0 saturated heterocycles. The van der Waals surface area contributed by atoms with Gasteiger partial charge in [-0.15, -0.1) is 0 Å². The number of H-pyrrole nitrogens is 1. The van der Waals surface area contributed by atoms with Crippen LogP contribution >= 0.6 is 11.6 Å². The highest BCUT2D eigenvalue weighted by Gasteiger charge is 2.21. The van der Waals surface area contributed by atoms with E-state index in [1.165, 1.54) is 19.1 Å². The van der Waals surface area contributed by atoms with E-state index < -0.39 is 20.0 Å². The van der Waals surface area contributed by atoms with Gasteiger partial charge in [0.15, 0.2) is 0 Å². The zero-order valence-corrected chi connectivity index (χ0v) is 13.1. The predicted octanol–water partition coefficient (Wildman–Crippen LogP) is 0.820. The van der Waals surface area contributed by atoms with Crippen molar-refractivity contribution in [3.8, 4) is 0 Å². The number of benzene rings is 1. The van der Waals surface area contributed by atoms with Gasteiger partial charge in [0.05, 0.1) is 27.5 Å². The Balaban J connectivity index is 2.47. The summed E-state index contributed by atoms with van der Waals surface area (Å²) in [6, 6.07) is 3.46. The fourth-order valence-corrected chi connectivity index (χ4v) is 3.54. The highest BCUT2D eigenvalue weighted by atomic mass is 35.5. The van der Waals surface area contributed by atoms with Gasteiger partial charge in [-0.05, 0) is 25.1 Å². The van der Waals surface area contributed by atoms with Gasteiger partial charge in [0.1, 0.15) is 4.90 Å². The highest BCUT2D eigenvalue weighted by Crippen LogP contribution is 2.27. The van der Waals surface area contributed by atoms with Crippen molar-refractivity contribution in [2.45, 2.75) is 16.7 Å². The summed E-state index contributed by atoms with van der Waals surface area (Å²) in [4.78, 5) is -0.326. The van der Waals surface area contributed by atoms with Crippen molar-refractivity contribution >= 4 is 37.3 Å². The summed E-state index contributed by atoms with van der Waals surface area (Å²) in [7, 11) is -7.92. The summed E-state index contributed by atoms with van der Waals surface area (Å²) in [5, 5.41) is 11.1. The SMILES string of the molecule is Cc1[nH]ncc1S(=O)(=O)Nc1cc(S(N)(=O)=O)ccc1Cl. The van der Waals surface area contributed by atoms with E-state index in [1.54, 1.807) is 0 Å². The molecule has 0 amide bonds. The lowest BCUT2D eigenvalue weighted by molar-refractivity contribution is 0.596. The molecule has 1 aromatic heterocycles. The normalized spacial score (nSPS) is 12.3. The number of anilines is 1. The van der Waals surface area contributed by atoms with Crippen LogP contribution in [0.15, 0.2) is 34.2 Å². The summed E-state index contributed by atoms with van der Waals surface area (Å²) < 4.78 is 49.1. The molecular weight excluding hydrogens is 340 g/mol. The molecule has 2 rings (SSSR count). The molecule has 0 aliphatic rings. The number of primary sulfonamides is 1. The van der Waals surface area contributed by atoms with Gasteiger partial charge in [-0.3, -0.25) is 9.82 Å². The molecular formula is C10H11ClN4O4S2. The van der Waals surface area contributed by atoms with Crippen molar-refractivity contribution in [1.82, 2.24) is 10.2 Å². The topological polar surface area (TPSA) is 135 Å². The largest absolute Gasteiger partial charge is 0.281 e. The van der Waals surface area contributed by atoms with Crippen LogP contribution in [0.3, 0.4) is 0 Å². The van der Waals surface area contributed by atoms with E-state index in [9.17, 15) is 16.8 Å². The molecule has 0 aliphatic carbocycles. The van der Waals surface area contributed by atoms with Crippen LogP contribution in [0.1, 0.15) is 5.69 Å². The van der Waals surface area contributed by atoms with Gasteiger partial charge in [0, 0.05) is 0 Å². The Labute approximate surface area is 126 Å². The third-order valence-corrected chi connectivity index (χ3v) is 5.30. The number of aromatic nitrogens is 2. The standard InChI is InChI=1S/C10H11ClN4O4S2/c1-6-10(5-13-14-6)21(18,19)15-9-4-7(20(12,16)17)2-3-8(9)11/h2-5,15H,1H3,(H,13,14)(H2,12,16,17). The summed E-state index contributed by atoms with van der Waals surface area (Å²) >= 11 is 5.87. The summed E-state index contributed by atoms with van der Waals surface area (Å²) in [5.74, 6) is 0. The Morgan fingerprint density at radius 2 is 1.95 bits per heavy atom. The molecule has 4 N–H and O–H groups in total. The molecule has 0 spiro atoms. The van der Waals surface area contributed by atoms with Crippen molar-refractivity contribution < 1.29 is 16.8 Å². The second-order valence-electron chi connectivity index (χ2n) is 4.15. The van der Waals surface area contributed by atoms with E-state index >= 15 is 0 Å². The zero-order valence-electron chi connectivity index (χ0n) is 10.7. The van der Waals surface area contributed by atoms with Gasteiger partial charge in [-0.25, -0.2) is 22.0 Å². The van der Waals surface area contributed by atoms with E-state index in [1.807, 2.05) is 0 Å². The molecule has 11 heteroatoms. The lowest BCUT2D eigenvalue weighted by Gasteiger charge is -2.10. The second-order valence-corrected chi connectivity index (χ2v) is 7.77. The minimum Gasteiger partial charge on any atom is -0.281 e. The minimum atomic E-state index is -3.97. The Bertz CT molecular complexity index is 890. The van der Waals surface area contributed by atoms with Gasteiger partial charge in [-0.1, -0.05) is 11.6 Å². The monoisotopic (exact) mass is 350 g/mol. The van der Waals surface area contributed by atoms with E-state index in [4.69, 9.17) is 16.7 Å². The van der Waals surface area contributed by atoms with Crippen LogP contribution in [0.4, 0.5) is 5.69 Å². The van der Waals surface area contributed by atoms with E-state index in [2.05, 4.69) is 14.9 Å². The molecule has 0 radical (unpaired) electrons. The van der Waals surface area contributed by atoms with Crippen LogP contribution in [0.25, 0.3) is 0 Å². The second kappa shape index (κ2) is 5.30. The number of aryl methyl sites for hydroxylation is 1. The lowest BCUT2D eigenvalue weighted by Crippen LogP contribution is -2.16. The molecule has 0 unspecified atom stereocenters. The summed E-state index contributed by atoms with van der Waals surface area (Å²) in [6.07, 6.45) is 1.13. The molecule has 2 aromatic rings. The molecule has 0 aliphatic heterocycles. The molecule has 1 aromatic carbocycles. The van der Waals surface area contributed by atoms with Crippen LogP contribution in [-0.4, -0.2) is 27.0 Å². The van der Waals surface area contributed by atoms with E-state index in [-0.39, 0.29) is 20.5 Å². The van der Waals surface area contributed by atoms with Crippen LogP contribution in [-0.2, 0) is 20.0 Å². The predicted molar refractivity (Wildman–Crippen MR) is 77.0 cm³/mol. The quantitative estimate of drug-likeness (QED) is 0.750. The molecule has 0 atom stereocenters. The van der Waals surface area contributed by atoms with E-state index in [0.29, 0.717) is 5.69 Å². The van der Waals surface area contributed by atoms with Crippen molar-refractivity contribution in [1.29, 1.82) is 0 Å².